The molecule has 7 nitrogen and oxygen atoms in total. The Morgan fingerprint density at radius 3 is 2.50 bits per heavy atom. The number of esters is 1. The molecule has 0 saturated heterocycles. The first-order chi connectivity index (χ1) is 13.5. The normalized spacial score (nSPS) is 11.3. The van der Waals surface area contributed by atoms with Gasteiger partial charge < -0.3 is 9.30 Å². The van der Waals surface area contributed by atoms with Crippen LogP contribution in [0.5, 0.6) is 0 Å². The Morgan fingerprint density at radius 2 is 1.82 bits per heavy atom. The molecule has 3 rings (SSSR count). The standard InChI is InChI=1S/C20H21N3O4S/c1-27-20(24)17-7-9-18(10-8-17)28(25,26)22-12-11-19-21-13-14-23(19)15-16-5-3-2-4-6-16/h2-10,13-14,22H,11-12,15H2,1H3. The molecule has 0 atom stereocenters. The zero-order chi connectivity index (χ0) is 20.0. The molecule has 0 fully saturated rings. The highest BCUT2D eigenvalue weighted by Gasteiger charge is 2.15. The molecule has 3 aromatic rings. The third-order valence-electron chi connectivity index (χ3n) is 4.22. The Labute approximate surface area is 164 Å². The van der Waals surface area contributed by atoms with Crippen LogP contribution >= 0.6 is 0 Å². The minimum Gasteiger partial charge on any atom is -0.465 e. The number of aromatic nitrogens is 2. The number of benzene rings is 2. The number of hydrogen-bond acceptors (Lipinski definition) is 5. The molecule has 1 aromatic heterocycles. The molecule has 0 aliphatic heterocycles. The maximum Gasteiger partial charge on any atom is 0.337 e. The lowest BCUT2D eigenvalue weighted by Gasteiger charge is -2.10. The fourth-order valence-electron chi connectivity index (χ4n) is 2.76. The van der Waals surface area contributed by atoms with Gasteiger partial charge in [0, 0.05) is 31.9 Å². The minimum absolute atomic E-state index is 0.0905. The van der Waals surface area contributed by atoms with E-state index in [2.05, 4.69) is 14.4 Å². The first-order valence-electron chi connectivity index (χ1n) is 8.71. The number of nitrogens with zero attached hydrogens (tertiary/aromatic N) is 2. The van der Waals surface area contributed by atoms with Crippen molar-refractivity contribution in [2.75, 3.05) is 13.7 Å². The van der Waals surface area contributed by atoms with E-state index in [1.807, 2.05) is 41.1 Å². The fourth-order valence-corrected chi connectivity index (χ4v) is 3.79. The van der Waals surface area contributed by atoms with Gasteiger partial charge in [-0.25, -0.2) is 22.9 Å². The second kappa shape index (κ2) is 8.81. The van der Waals surface area contributed by atoms with Crippen molar-refractivity contribution in [3.05, 3.63) is 83.9 Å². The van der Waals surface area contributed by atoms with Gasteiger partial charge in [0.25, 0.3) is 0 Å². The van der Waals surface area contributed by atoms with Crippen molar-refractivity contribution in [3.63, 3.8) is 0 Å². The Bertz CT molecular complexity index is 1030. The molecule has 0 amide bonds. The summed E-state index contributed by atoms with van der Waals surface area (Å²) < 4.78 is 34.0. The maximum absolute atomic E-state index is 12.4. The van der Waals surface area contributed by atoms with Crippen LogP contribution in [0.3, 0.4) is 0 Å². The number of sulfonamides is 1. The van der Waals surface area contributed by atoms with E-state index in [1.54, 1.807) is 6.20 Å². The number of nitrogens with one attached hydrogen (secondary N) is 1. The van der Waals surface area contributed by atoms with Gasteiger partial charge in [-0.1, -0.05) is 30.3 Å². The van der Waals surface area contributed by atoms with Gasteiger partial charge in [0.1, 0.15) is 5.82 Å². The molecule has 0 aliphatic carbocycles. The van der Waals surface area contributed by atoms with Gasteiger partial charge in [0.2, 0.25) is 10.0 Å². The van der Waals surface area contributed by atoms with Crippen LogP contribution in [0, 0.1) is 0 Å². The number of carbonyl (C=O) groups excluding carboxylic acids is 1. The second-order valence-electron chi connectivity index (χ2n) is 6.12. The lowest BCUT2D eigenvalue weighted by molar-refractivity contribution is 0.0600. The van der Waals surface area contributed by atoms with E-state index in [9.17, 15) is 13.2 Å². The van der Waals surface area contributed by atoms with Crippen LogP contribution in [0.2, 0.25) is 0 Å². The molecule has 2 aromatic carbocycles. The number of imidazole rings is 1. The Morgan fingerprint density at radius 1 is 1.11 bits per heavy atom. The summed E-state index contributed by atoms with van der Waals surface area (Å²) in [5, 5.41) is 0. The lowest BCUT2D eigenvalue weighted by atomic mass is 10.2. The molecule has 1 N–H and O–H groups in total. The second-order valence-corrected chi connectivity index (χ2v) is 7.89. The van der Waals surface area contributed by atoms with Gasteiger partial charge in [-0.2, -0.15) is 0 Å². The molecule has 0 aliphatic rings. The van der Waals surface area contributed by atoms with Crippen LogP contribution in [0.1, 0.15) is 21.7 Å². The van der Waals surface area contributed by atoms with E-state index >= 15 is 0 Å². The Hall–Kier alpha value is -2.97. The fraction of sp³-hybridized carbons (Fsp3) is 0.200. The van der Waals surface area contributed by atoms with E-state index < -0.39 is 16.0 Å². The van der Waals surface area contributed by atoms with Gasteiger partial charge in [-0.05, 0) is 29.8 Å². The van der Waals surface area contributed by atoms with Crippen LogP contribution in [0.15, 0.2) is 71.9 Å². The van der Waals surface area contributed by atoms with Crippen molar-refractivity contribution in [1.82, 2.24) is 14.3 Å². The van der Waals surface area contributed by atoms with Gasteiger partial charge in [0.05, 0.1) is 17.6 Å². The number of carbonyl (C=O) groups is 1. The predicted molar refractivity (Wildman–Crippen MR) is 104 cm³/mol. The summed E-state index contributed by atoms with van der Waals surface area (Å²) in [6, 6.07) is 15.6. The molecule has 8 heteroatoms. The van der Waals surface area contributed by atoms with Crippen molar-refractivity contribution < 1.29 is 17.9 Å². The van der Waals surface area contributed by atoms with Crippen molar-refractivity contribution in [2.45, 2.75) is 17.9 Å². The maximum atomic E-state index is 12.4. The summed E-state index contributed by atoms with van der Waals surface area (Å²) >= 11 is 0. The van der Waals surface area contributed by atoms with Gasteiger partial charge in [-0.3, -0.25) is 0 Å². The quantitative estimate of drug-likeness (QED) is 0.587. The zero-order valence-corrected chi connectivity index (χ0v) is 16.2. The zero-order valence-electron chi connectivity index (χ0n) is 15.4. The molecule has 1 heterocycles. The first-order valence-corrected chi connectivity index (χ1v) is 10.2. The summed E-state index contributed by atoms with van der Waals surface area (Å²) in [6.45, 7) is 0.894. The monoisotopic (exact) mass is 399 g/mol. The summed E-state index contributed by atoms with van der Waals surface area (Å²) in [6.07, 6.45) is 4.04. The molecule has 0 unspecified atom stereocenters. The molecule has 28 heavy (non-hydrogen) atoms. The summed E-state index contributed by atoms with van der Waals surface area (Å²) in [5.41, 5.74) is 1.44. The van der Waals surface area contributed by atoms with Gasteiger partial charge in [-0.15, -0.1) is 0 Å². The minimum atomic E-state index is -3.67. The molecular weight excluding hydrogens is 378 g/mol. The predicted octanol–water partition coefficient (Wildman–Crippen LogP) is 2.24. The van der Waals surface area contributed by atoms with E-state index in [-0.39, 0.29) is 11.4 Å². The third-order valence-corrected chi connectivity index (χ3v) is 5.70. The first kappa shape index (κ1) is 19.8. The SMILES string of the molecule is COC(=O)c1ccc(S(=O)(=O)NCCc2nccn2Cc2ccccc2)cc1. The van der Waals surface area contributed by atoms with Crippen molar-refractivity contribution in [1.29, 1.82) is 0 Å². The van der Waals surface area contributed by atoms with E-state index in [0.29, 0.717) is 18.5 Å². The molecule has 0 saturated carbocycles. The van der Waals surface area contributed by atoms with Crippen molar-refractivity contribution in [3.8, 4) is 0 Å². The van der Waals surface area contributed by atoms with E-state index in [0.717, 1.165) is 11.4 Å². The lowest BCUT2D eigenvalue weighted by Crippen LogP contribution is -2.26. The van der Waals surface area contributed by atoms with Crippen LogP contribution < -0.4 is 4.72 Å². The molecule has 0 radical (unpaired) electrons. The number of methoxy groups -OCH3 is 1. The Kier molecular flexibility index (Phi) is 6.23. The number of rotatable bonds is 8. The van der Waals surface area contributed by atoms with Gasteiger partial charge >= 0.3 is 5.97 Å². The van der Waals surface area contributed by atoms with Gasteiger partial charge in [0.15, 0.2) is 0 Å². The van der Waals surface area contributed by atoms with E-state index in [4.69, 9.17) is 0 Å². The van der Waals surface area contributed by atoms with Crippen LogP contribution in [0.25, 0.3) is 0 Å². The topological polar surface area (TPSA) is 90.3 Å². The average Bonchev–Trinajstić information content (AvgIpc) is 3.15. The van der Waals surface area contributed by atoms with Crippen molar-refractivity contribution >= 4 is 16.0 Å². The highest BCUT2D eigenvalue weighted by Crippen LogP contribution is 2.12. The molecule has 146 valence electrons. The summed E-state index contributed by atoms with van der Waals surface area (Å²) in [7, 11) is -2.40. The summed E-state index contributed by atoms with van der Waals surface area (Å²) in [5.74, 6) is 0.287. The summed E-state index contributed by atoms with van der Waals surface area (Å²) in [4.78, 5) is 15.9. The van der Waals surface area contributed by atoms with Crippen LogP contribution in [0.4, 0.5) is 0 Å². The molecule has 0 spiro atoms. The van der Waals surface area contributed by atoms with E-state index in [1.165, 1.54) is 31.4 Å². The number of hydrogen-bond donors (Lipinski definition) is 1. The largest absolute Gasteiger partial charge is 0.465 e. The smallest absolute Gasteiger partial charge is 0.337 e. The highest BCUT2D eigenvalue weighted by atomic mass is 32.2. The van der Waals surface area contributed by atoms with Crippen LogP contribution in [-0.4, -0.2) is 37.6 Å². The van der Waals surface area contributed by atoms with Crippen molar-refractivity contribution in [2.24, 2.45) is 0 Å². The Balaban J connectivity index is 1.60. The average molecular weight is 399 g/mol. The third kappa shape index (κ3) is 4.85. The number of ether oxygens (including phenoxy) is 1. The molecule has 0 bridgehead atoms. The molecular formula is C20H21N3O4S. The van der Waals surface area contributed by atoms with Crippen LogP contribution in [-0.2, 0) is 27.7 Å². The highest BCUT2D eigenvalue weighted by molar-refractivity contribution is 7.89.